The van der Waals surface area contributed by atoms with Gasteiger partial charge in [0.2, 0.25) is 5.91 Å². The maximum absolute atomic E-state index is 12.3. The molecule has 1 aliphatic heterocycles. The lowest BCUT2D eigenvalue weighted by Crippen LogP contribution is -2.38. The zero-order valence-corrected chi connectivity index (χ0v) is 10.5. The van der Waals surface area contributed by atoms with Crippen LogP contribution in [-0.2, 0) is 11.2 Å². The molecule has 4 nitrogen and oxygen atoms in total. The number of aromatic nitrogens is 2. The second kappa shape index (κ2) is 3.86. The molecule has 0 bridgehead atoms. The Labute approximate surface area is 101 Å². The number of likely N-dealkylation sites (tertiary alicyclic amines) is 1. The highest BCUT2D eigenvalue weighted by Gasteiger charge is 2.45. The van der Waals surface area contributed by atoms with Gasteiger partial charge in [-0.15, -0.1) is 0 Å². The van der Waals surface area contributed by atoms with Gasteiger partial charge >= 0.3 is 0 Å². The summed E-state index contributed by atoms with van der Waals surface area (Å²) in [5.41, 5.74) is 3.07. The number of nitrogens with one attached hydrogen (secondary N) is 1. The van der Waals surface area contributed by atoms with Crippen molar-refractivity contribution in [2.24, 2.45) is 5.92 Å². The number of hydrogen-bond acceptors (Lipinski definition) is 2. The SMILES string of the molecule is Cc1n[nH]c(C)c1CC(=O)N1CCCC2CC21. The number of carbonyl (C=O) groups is 1. The number of piperidine rings is 1. The molecule has 17 heavy (non-hydrogen) atoms. The first-order chi connectivity index (χ1) is 8.16. The predicted octanol–water partition coefficient (Wildman–Crippen LogP) is 1.58. The molecular formula is C13H19N3O. The Morgan fingerprint density at radius 3 is 3.06 bits per heavy atom. The standard InChI is InChI=1S/C13H19N3O/c1-8-11(9(2)15-14-8)7-13(17)16-5-3-4-10-6-12(10)16/h10,12H,3-7H2,1-2H3,(H,14,15). The van der Waals surface area contributed by atoms with Gasteiger partial charge < -0.3 is 4.90 Å². The zero-order chi connectivity index (χ0) is 12.0. The van der Waals surface area contributed by atoms with Crippen molar-refractivity contribution < 1.29 is 4.79 Å². The summed E-state index contributed by atoms with van der Waals surface area (Å²) in [6.45, 7) is 4.90. The van der Waals surface area contributed by atoms with Crippen LogP contribution in [0.1, 0.15) is 36.2 Å². The number of nitrogens with zero attached hydrogens (tertiary/aromatic N) is 2. The van der Waals surface area contributed by atoms with Crippen LogP contribution in [0.5, 0.6) is 0 Å². The van der Waals surface area contributed by atoms with Gasteiger partial charge in [-0.1, -0.05) is 0 Å². The minimum absolute atomic E-state index is 0.282. The van der Waals surface area contributed by atoms with Crippen molar-refractivity contribution >= 4 is 5.91 Å². The molecular weight excluding hydrogens is 214 g/mol. The molecule has 1 saturated carbocycles. The van der Waals surface area contributed by atoms with Crippen molar-refractivity contribution in [1.82, 2.24) is 15.1 Å². The Hall–Kier alpha value is -1.32. The van der Waals surface area contributed by atoms with Crippen molar-refractivity contribution in [2.75, 3.05) is 6.54 Å². The lowest BCUT2D eigenvalue weighted by Gasteiger charge is -2.26. The largest absolute Gasteiger partial charge is 0.339 e. The highest BCUT2D eigenvalue weighted by Crippen LogP contribution is 2.43. The van der Waals surface area contributed by atoms with Gasteiger partial charge in [-0.3, -0.25) is 9.89 Å². The van der Waals surface area contributed by atoms with E-state index in [-0.39, 0.29) is 5.91 Å². The Balaban J connectivity index is 1.71. The number of amides is 1. The predicted molar refractivity (Wildman–Crippen MR) is 64.6 cm³/mol. The van der Waals surface area contributed by atoms with Crippen molar-refractivity contribution in [3.05, 3.63) is 17.0 Å². The van der Waals surface area contributed by atoms with Crippen molar-refractivity contribution in [1.29, 1.82) is 0 Å². The van der Waals surface area contributed by atoms with E-state index in [1.165, 1.54) is 19.3 Å². The van der Waals surface area contributed by atoms with Crippen LogP contribution in [0.15, 0.2) is 0 Å². The minimum atomic E-state index is 0.282. The first kappa shape index (κ1) is 10.8. The van der Waals surface area contributed by atoms with Crippen molar-refractivity contribution in [2.45, 2.75) is 45.6 Å². The normalized spacial score (nSPS) is 26.8. The fourth-order valence-electron chi connectivity index (χ4n) is 3.01. The van der Waals surface area contributed by atoms with Crippen LogP contribution in [0, 0.1) is 19.8 Å². The maximum Gasteiger partial charge on any atom is 0.227 e. The number of fused-ring (bicyclic) bond motifs is 1. The van der Waals surface area contributed by atoms with E-state index in [4.69, 9.17) is 0 Å². The number of carbonyl (C=O) groups excluding carboxylic acids is 1. The highest BCUT2D eigenvalue weighted by molar-refractivity contribution is 5.80. The minimum Gasteiger partial charge on any atom is -0.339 e. The Bertz CT molecular complexity index is 432. The summed E-state index contributed by atoms with van der Waals surface area (Å²) in [5.74, 6) is 1.09. The van der Waals surface area contributed by atoms with E-state index in [1.807, 2.05) is 13.8 Å². The Morgan fingerprint density at radius 2 is 2.35 bits per heavy atom. The van der Waals surface area contributed by atoms with Gasteiger partial charge in [-0.2, -0.15) is 5.10 Å². The second-order valence-corrected chi connectivity index (χ2v) is 5.38. The molecule has 1 aliphatic carbocycles. The fraction of sp³-hybridized carbons (Fsp3) is 0.692. The third kappa shape index (κ3) is 1.85. The summed E-state index contributed by atoms with van der Waals surface area (Å²) in [6, 6.07) is 0.559. The average molecular weight is 233 g/mol. The number of H-pyrrole nitrogens is 1. The summed E-state index contributed by atoms with van der Waals surface area (Å²) >= 11 is 0. The summed E-state index contributed by atoms with van der Waals surface area (Å²) in [6.07, 6.45) is 4.24. The molecule has 1 aromatic rings. The Kier molecular flexibility index (Phi) is 2.45. The lowest BCUT2D eigenvalue weighted by molar-refractivity contribution is -0.132. The highest BCUT2D eigenvalue weighted by atomic mass is 16.2. The van der Waals surface area contributed by atoms with E-state index in [0.717, 1.165) is 29.4 Å². The van der Waals surface area contributed by atoms with E-state index in [1.54, 1.807) is 0 Å². The molecule has 3 rings (SSSR count). The molecule has 0 spiro atoms. The molecule has 92 valence electrons. The second-order valence-electron chi connectivity index (χ2n) is 5.38. The van der Waals surface area contributed by atoms with Gasteiger partial charge in [0.05, 0.1) is 12.1 Å². The molecule has 1 amide bonds. The molecule has 1 N–H and O–H groups in total. The molecule has 1 aromatic heterocycles. The van der Waals surface area contributed by atoms with E-state index < -0.39 is 0 Å². The lowest BCUT2D eigenvalue weighted by atomic mass is 10.1. The van der Waals surface area contributed by atoms with E-state index >= 15 is 0 Å². The Morgan fingerprint density at radius 1 is 1.53 bits per heavy atom. The van der Waals surface area contributed by atoms with Crippen LogP contribution >= 0.6 is 0 Å². The van der Waals surface area contributed by atoms with Crippen molar-refractivity contribution in [3.63, 3.8) is 0 Å². The van der Waals surface area contributed by atoms with Gasteiger partial charge in [0.15, 0.2) is 0 Å². The van der Waals surface area contributed by atoms with E-state index in [2.05, 4.69) is 15.1 Å². The van der Waals surface area contributed by atoms with Crippen LogP contribution in [0.3, 0.4) is 0 Å². The molecule has 0 radical (unpaired) electrons. The number of aromatic amines is 1. The quantitative estimate of drug-likeness (QED) is 0.843. The summed E-state index contributed by atoms with van der Waals surface area (Å²) in [7, 11) is 0. The summed E-state index contributed by atoms with van der Waals surface area (Å²) in [4.78, 5) is 14.4. The monoisotopic (exact) mass is 233 g/mol. The van der Waals surface area contributed by atoms with Crippen LogP contribution in [-0.4, -0.2) is 33.6 Å². The van der Waals surface area contributed by atoms with E-state index in [9.17, 15) is 4.79 Å². The fourth-order valence-corrected chi connectivity index (χ4v) is 3.01. The van der Waals surface area contributed by atoms with Crippen LogP contribution < -0.4 is 0 Å². The molecule has 2 atom stereocenters. The first-order valence-corrected chi connectivity index (χ1v) is 6.46. The molecule has 4 heteroatoms. The van der Waals surface area contributed by atoms with Crippen LogP contribution in [0.4, 0.5) is 0 Å². The molecule has 2 heterocycles. The summed E-state index contributed by atoms with van der Waals surface area (Å²) in [5, 5.41) is 7.09. The average Bonchev–Trinajstić information content (AvgIpc) is 3.05. The van der Waals surface area contributed by atoms with Gasteiger partial charge in [-0.05, 0) is 39.0 Å². The molecule has 2 aliphatic rings. The molecule has 1 saturated heterocycles. The summed E-state index contributed by atoms with van der Waals surface area (Å²) < 4.78 is 0. The van der Waals surface area contributed by atoms with Crippen molar-refractivity contribution in [3.8, 4) is 0 Å². The molecule has 2 unspecified atom stereocenters. The smallest absolute Gasteiger partial charge is 0.227 e. The number of hydrogen-bond donors (Lipinski definition) is 1. The van der Waals surface area contributed by atoms with Gasteiger partial charge in [-0.25, -0.2) is 0 Å². The zero-order valence-electron chi connectivity index (χ0n) is 10.5. The maximum atomic E-state index is 12.3. The first-order valence-electron chi connectivity index (χ1n) is 6.46. The number of aryl methyl sites for hydroxylation is 2. The third-order valence-electron chi connectivity index (χ3n) is 4.19. The van der Waals surface area contributed by atoms with Crippen LogP contribution in [0.2, 0.25) is 0 Å². The van der Waals surface area contributed by atoms with Crippen LogP contribution in [0.25, 0.3) is 0 Å². The molecule has 0 aromatic carbocycles. The van der Waals surface area contributed by atoms with Gasteiger partial charge in [0.25, 0.3) is 0 Å². The number of rotatable bonds is 2. The van der Waals surface area contributed by atoms with E-state index in [0.29, 0.717) is 12.5 Å². The molecule has 2 fully saturated rings. The topological polar surface area (TPSA) is 49.0 Å². The third-order valence-corrected chi connectivity index (χ3v) is 4.19. The van der Waals surface area contributed by atoms with Gasteiger partial charge in [0, 0.05) is 23.8 Å². The van der Waals surface area contributed by atoms with Gasteiger partial charge in [0.1, 0.15) is 0 Å².